The molecule has 49 heavy (non-hydrogen) atoms. The summed E-state index contributed by atoms with van der Waals surface area (Å²) in [5, 5.41) is 2.31. The van der Waals surface area contributed by atoms with Gasteiger partial charge < -0.3 is 0 Å². The summed E-state index contributed by atoms with van der Waals surface area (Å²) in [4.78, 5) is 10.3. The van der Waals surface area contributed by atoms with Crippen LogP contribution in [0.15, 0.2) is 170 Å². The van der Waals surface area contributed by atoms with Crippen LogP contribution in [0.3, 0.4) is 0 Å². The lowest BCUT2D eigenvalue weighted by atomic mass is 9.82. The van der Waals surface area contributed by atoms with E-state index in [0.717, 1.165) is 39.3 Å². The van der Waals surface area contributed by atoms with E-state index >= 15 is 0 Å². The third kappa shape index (κ3) is 4.96. The summed E-state index contributed by atoms with van der Waals surface area (Å²) in [6, 6.07) is 60.7. The van der Waals surface area contributed by atoms with E-state index < -0.39 is 0 Å². The molecule has 0 atom stereocenters. The zero-order valence-electron chi connectivity index (χ0n) is 27.6. The average Bonchev–Trinajstić information content (AvgIpc) is 3.40. The van der Waals surface area contributed by atoms with Gasteiger partial charge in [-0.15, -0.1) is 0 Å². The zero-order valence-corrected chi connectivity index (χ0v) is 27.6. The van der Waals surface area contributed by atoms with Gasteiger partial charge in [0, 0.05) is 22.1 Å². The highest BCUT2D eigenvalue weighted by atomic mass is 14.9. The number of benzene rings is 7. The van der Waals surface area contributed by atoms with E-state index in [-0.39, 0.29) is 5.41 Å². The van der Waals surface area contributed by atoms with Crippen LogP contribution >= 0.6 is 0 Å². The number of fused-ring (bicyclic) bond motifs is 4. The van der Waals surface area contributed by atoms with Crippen LogP contribution in [-0.2, 0) is 5.41 Å². The van der Waals surface area contributed by atoms with E-state index in [9.17, 15) is 0 Å². The predicted molar refractivity (Wildman–Crippen MR) is 204 cm³/mol. The van der Waals surface area contributed by atoms with Crippen molar-refractivity contribution in [3.63, 3.8) is 0 Å². The summed E-state index contributed by atoms with van der Waals surface area (Å²) >= 11 is 0. The smallest absolute Gasteiger partial charge is 0.161 e. The van der Waals surface area contributed by atoms with Crippen LogP contribution in [-0.4, -0.2) is 9.97 Å². The van der Waals surface area contributed by atoms with E-state index in [4.69, 9.17) is 9.97 Å². The quantitative estimate of drug-likeness (QED) is 0.190. The van der Waals surface area contributed by atoms with Crippen LogP contribution in [0.2, 0.25) is 0 Å². The molecular weight excluding hydrogens is 593 g/mol. The molecule has 1 aliphatic rings. The Hall–Kier alpha value is -6.12. The number of aromatic nitrogens is 2. The highest BCUT2D eigenvalue weighted by Crippen LogP contribution is 2.49. The molecule has 0 radical (unpaired) electrons. The normalized spacial score (nSPS) is 12.9. The summed E-state index contributed by atoms with van der Waals surface area (Å²) < 4.78 is 0. The molecule has 1 aromatic heterocycles. The van der Waals surface area contributed by atoms with Crippen LogP contribution in [0, 0.1) is 0 Å². The van der Waals surface area contributed by atoms with Crippen molar-refractivity contribution in [1.29, 1.82) is 0 Å². The Balaban J connectivity index is 1.16. The van der Waals surface area contributed by atoms with E-state index in [0.29, 0.717) is 0 Å². The molecule has 0 spiro atoms. The lowest BCUT2D eigenvalue weighted by Crippen LogP contribution is -2.14. The molecule has 7 aromatic carbocycles. The summed E-state index contributed by atoms with van der Waals surface area (Å²) in [5.74, 6) is 0.720. The van der Waals surface area contributed by atoms with Crippen molar-refractivity contribution < 1.29 is 0 Å². The molecule has 0 bridgehead atoms. The second-order valence-electron chi connectivity index (χ2n) is 13.4. The molecule has 2 nitrogen and oxygen atoms in total. The Morgan fingerprint density at radius 1 is 0.347 bits per heavy atom. The topological polar surface area (TPSA) is 25.8 Å². The van der Waals surface area contributed by atoms with Crippen LogP contribution in [0.4, 0.5) is 0 Å². The fourth-order valence-corrected chi connectivity index (χ4v) is 7.59. The van der Waals surface area contributed by atoms with Crippen molar-refractivity contribution in [2.45, 2.75) is 19.3 Å². The fraction of sp³-hybridized carbons (Fsp3) is 0.0638. The molecule has 2 heteroatoms. The standard InChI is InChI=1S/C47H34N2/c1-47(2)42-23-12-11-22-39(42)41-29-34(24-27-43(41)47)33-18-13-19-35(28-33)36-25-26-40(38-21-10-9-20-37(36)38)46-48-44(31-14-5-3-6-15-31)30-45(49-46)32-16-7-4-8-17-32/h3-30H,1-2H3. The van der Waals surface area contributed by atoms with Gasteiger partial charge in [0.25, 0.3) is 0 Å². The molecule has 1 heterocycles. The van der Waals surface area contributed by atoms with E-state index in [2.05, 4.69) is 172 Å². The van der Waals surface area contributed by atoms with Crippen molar-refractivity contribution in [3.8, 4) is 67.3 Å². The number of rotatable bonds is 5. The lowest BCUT2D eigenvalue weighted by Gasteiger charge is -2.21. The maximum atomic E-state index is 5.15. The molecule has 1 aliphatic carbocycles. The Kier molecular flexibility index (Phi) is 6.84. The van der Waals surface area contributed by atoms with Crippen LogP contribution in [0.5, 0.6) is 0 Å². The predicted octanol–water partition coefficient (Wildman–Crippen LogP) is 12.3. The number of hydrogen-bond donors (Lipinski definition) is 0. The first kappa shape index (κ1) is 29.1. The first-order valence-corrected chi connectivity index (χ1v) is 16.9. The summed E-state index contributed by atoms with van der Waals surface area (Å²) in [6.45, 7) is 4.66. The van der Waals surface area contributed by atoms with Gasteiger partial charge in [0.15, 0.2) is 5.82 Å². The average molecular weight is 627 g/mol. The second kappa shape index (κ2) is 11.5. The molecule has 0 unspecified atom stereocenters. The first-order valence-electron chi connectivity index (χ1n) is 16.9. The molecule has 0 amide bonds. The van der Waals surface area contributed by atoms with Gasteiger partial charge in [0.05, 0.1) is 11.4 Å². The highest BCUT2D eigenvalue weighted by Gasteiger charge is 2.35. The highest BCUT2D eigenvalue weighted by molar-refractivity contribution is 6.04. The Morgan fingerprint density at radius 2 is 0.878 bits per heavy atom. The molecule has 0 saturated carbocycles. The maximum Gasteiger partial charge on any atom is 0.161 e. The maximum absolute atomic E-state index is 5.15. The molecule has 0 aliphatic heterocycles. The van der Waals surface area contributed by atoms with Gasteiger partial charge in [-0.2, -0.15) is 0 Å². The first-order chi connectivity index (χ1) is 24.0. The Bertz CT molecular complexity index is 2450. The number of hydrogen-bond acceptors (Lipinski definition) is 2. The fourth-order valence-electron chi connectivity index (χ4n) is 7.59. The van der Waals surface area contributed by atoms with Gasteiger partial charge in [-0.3, -0.25) is 0 Å². The third-order valence-corrected chi connectivity index (χ3v) is 10.1. The van der Waals surface area contributed by atoms with Gasteiger partial charge in [-0.05, 0) is 79.5 Å². The summed E-state index contributed by atoms with van der Waals surface area (Å²) in [7, 11) is 0. The van der Waals surface area contributed by atoms with Gasteiger partial charge in [0.2, 0.25) is 0 Å². The van der Waals surface area contributed by atoms with Crippen molar-refractivity contribution in [1.82, 2.24) is 9.97 Å². The van der Waals surface area contributed by atoms with Crippen LogP contribution < -0.4 is 0 Å². The molecule has 232 valence electrons. The van der Waals surface area contributed by atoms with Crippen LogP contribution in [0.1, 0.15) is 25.0 Å². The van der Waals surface area contributed by atoms with E-state index in [1.807, 2.05) is 12.1 Å². The lowest BCUT2D eigenvalue weighted by molar-refractivity contribution is 0.660. The van der Waals surface area contributed by atoms with E-state index in [1.165, 1.54) is 49.9 Å². The van der Waals surface area contributed by atoms with Gasteiger partial charge in [0.1, 0.15) is 0 Å². The van der Waals surface area contributed by atoms with Gasteiger partial charge in [-0.1, -0.05) is 159 Å². The van der Waals surface area contributed by atoms with Crippen molar-refractivity contribution in [3.05, 3.63) is 181 Å². The molecule has 9 rings (SSSR count). The molecule has 0 fully saturated rings. The third-order valence-electron chi connectivity index (χ3n) is 10.1. The molecule has 8 aromatic rings. The van der Waals surface area contributed by atoms with Crippen LogP contribution in [0.25, 0.3) is 78.1 Å². The summed E-state index contributed by atoms with van der Waals surface area (Å²) in [6.07, 6.45) is 0. The van der Waals surface area contributed by atoms with Gasteiger partial charge >= 0.3 is 0 Å². The molecular formula is C47H34N2. The zero-order chi connectivity index (χ0) is 33.0. The second-order valence-corrected chi connectivity index (χ2v) is 13.4. The van der Waals surface area contributed by atoms with E-state index in [1.54, 1.807) is 0 Å². The van der Waals surface area contributed by atoms with Crippen molar-refractivity contribution >= 4 is 10.8 Å². The van der Waals surface area contributed by atoms with Crippen molar-refractivity contribution in [2.75, 3.05) is 0 Å². The monoisotopic (exact) mass is 626 g/mol. The Morgan fingerprint density at radius 3 is 1.59 bits per heavy atom. The van der Waals surface area contributed by atoms with Gasteiger partial charge in [-0.25, -0.2) is 9.97 Å². The number of nitrogens with zero attached hydrogens (tertiary/aromatic N) is 2. The minimum atomic E-state index is -0.000839. The molecule has 0 N–H and O–H groups in total. The summed E-state index contributed by atoms with van der Waals surface area (Å²) in [5.41, 5.74) is 15.3. The van der Waals surface area contributed by atoms with Crippen molar-refractivity contribution in [2.24, 2.45) is 0 Å². The minimum absolute atomic E-state index is 0.000839. The SMILES string of the molecule is CC1(C)c2ccccc2-c2cc(-c3cccc(-c4ccc(-c5nc(-c6ccccc6)cc(-c6ccccc6)n5)c5ccccc45)c3)ccc21. The largest absolute Gasteiger partial charge is 0.228 e. The minimum Gasteiger partial charge on any atom is -0.228 e. The molecule has 0 saturated heterocycles. The Labute approximate surface area is 287 Å².